The minimum atomic E-state index is -4.42. The Bertz CT molecular complexity index is 457. The standard InChI is InChI=1S/C9H8F3N3O2/c10-9(11,12)8(3-4-8)14-6-2-1-5-13-7(6)15(16)17/h1-2,5,14H,3-4H2. The molecule has 0 unspecified atom stereocenters. The molecule has 0 amide bonds. The van der Waals surface area contributed by atoms with Crippen molar-refractivity contribution in [2.75, 3.05) is 5.32 Å². The van der Waals surface area contributed by atoms with E-state index in [1.54, 1.807) is 0 Å². The Labute approximate surface area is 93.8 Å². The van der Waals surface area contributed by atoms with Crippen LogP contribution >= 0.6 is 0 Å². The Morgan fingerprint density at radius 3 is 2.59 bits per heavy atom. The van der Waals surface area contributed by atoms with Crippen molar-refractivity contribution < 1.29 is 18.1 Å². The zero-order valence-electron chi connectivity index (χ0n) is 8.49. The highest BCUT2D eigenvalue weighted by atomic mass is 19.4. The number of rotatable bonds is 3. The maximum atomic E-state index is 12.7. The van der Waals surface area contributed by atoms with Gasteiger partial charge in [0.25, 0.3) is 0 Å². The Morgan fingerprint density at radius 2 is 2.12 bits per heavy atom. The average Bonchev–Trinajstić information content (AvgIpc) is 2.98. The first-order valence-electron chi connectivity index (χ1n) is 4.80. The predicted molar refractivity (Wildman–Crippen MR) is 52.5 cm³/mol. The number of nitro groups is 1. The maximum Gasteiger partial charge on any atom is 0.411 e. The Balaban J connectivity index is 2.29. The number of hydrogen-bond donors (Lipinski definition) is 1. The number of nitrogens with one attached hydrogen (secondary N) is 1. The van der Waals surface area contributed by atoms with E-state index in [0.29, 0.717) is 0 Å². The fourth-order valence-corrected chi connectivity index (χ4v) is 1.50. The fraction of sp³-hybridized carbons (Fsp3) is 0.444. The lowest BCUT2D eigenvalue weighted by Crippen LogP contribution is -2.38. The molecule has 92 valence electrons. The van der Waals surface area contributed by atoms with Crippen molar-refractivity contribution in [2.45, 2.75) is 24.6 Å². The summed E-state index contributed by atoms with van der Waals surface area (Å²) in [4.78, 5) is 13.2. The lowest BCUT2D eigenvalue weighted by molar-refractivity contribution is -0.388. The summed E-state index contributed by atoms with van der Waals surface area (Å²) >= 11 is 0. The summed E-state index contributed by atoms with van der Waals surface area (Å²) in [7, 11) is 0. The molecule has 0 saturated heterocycles. The third-order valence-electron chi connectivity index (χ3n) is 2.63. The van der Waals surface area contributed by atoms with E-state index in [-0.39, 0.29) is 18.5 Å². The number of pyridine rings is 1. The molecule has 1 aliphatic rings. The van der Waals surface area contributed by atoms with Crippen molar-refractivity contribution in [1.82, 2.24) is 4.98 Å². The zero-order chi connectivity index (χ0) is 12.7. The number of hydrogen-bond acceptors (Lipinski definition) is 4. The van der Waals surface area contributed by atoms with Gasteiger partial charge in [0, 0.05) is 0 Å². The second kappa shape index (κ2) is 3.57. The largest absolute Gasteiger partial charge is 0.411 e. The van der Waals surface area contributed by atoms with Crippen molar-refractivity contribution in [3.63, 3.8) is 0 Å². The molecule has 0 spiro atoms. The fourth-order valence-electron chi connectivity index (χ4n) is 1.50. The summed E-state index contributed by atoms with van der Waals surface area (Å²) in [5.41, 5.74) is -2.23. The van der Waals surface area contributed by atoms with Gasteiger partial charge in [0.2, 0.25) is 0 Å². The molecule has 1 aromatic rings. The number of nitrogens with zero attached hydrogens (tertiary/aromatic N) is 2. The molecule has 0 radical (unpaired) electrons. The average molecular weight is 247 g/mol. The zero-order valence-corrected chi connectivity index (χ0v) is 8.49. The van der Waals surface area contributed by atoms with Crippen LogP contribution in [0.1, 0.15) is 12.8 Å². The van der Waals surface area contributed by atoms with Crippen LogP contribution in [-0.2, 0) is 0 Å². The third-order valence-corrected chi connectivity index (χ3v) is 2.63. The van der Waals surface area contributed by atoms with Crippen molar-refractivity contribution in [3.8, 4) is 0 Å². The first-order valence-corrected chi connectivity index (χ1v) is 4.80. The molecular weight excluding hydrogens is 239 g/mol. The van der Waals surface area contributed by atoms with E-state index in [2.05, 4.69) is 10.3 Å². The minimum absolute atomic E-state index is 0.0808. The first-order chi connectivity index (χ1) is 7.86. The Kier molecular flexibility index (Phi) is 2.44. The summed E-state index contributed by atoms with van der Waals surface area (Å²) in [5, 5.41) is 12.8. The van der Waals surface area contributed by atoms with E-state index in [1.807, 2.05) is 0 Å². The molecule has 5 nitrogen and oxygen atoms in total. The van der Waals surface area contributed by atoms with Crippen molar-refractivity contribution in [3.05, 3.63) is 28.4 Å². The summed E-state index contributed by atoms with van der Waals surface area (Å²) in [6, 6.07) is 2.57. The lowest BCUT2D eigenvalue weighted by atomic mass is 10.2. The van der Waals surface area contributed by atoms with Crippen molar-refractivity contribution >= 4 is 11.5 Å². The van der Waals surface area contributed by atoms with E-state index < -0.39 is 22.5 Å². The SMILES string of the molecule is O=[N+]([O-])c1ncccc1NC1(C(F)(F)F)CC1. The van der Waals surface area contributed by atoms with E-state index in [1.165, 1.54) is 12.1 Å². The van der Waals surface area contributed by atoms with Crippen LogP contribution < -0.4 is 5.32 Å². The molecule has 17 heavy (non-hydrogen) atoms. The van der Waals surface area contributed by atoms with E-state index >= 15 is 0 Å². The highest BCUT2D eigenvalue weighted by Crippen LogP contribution is 2.51. The van der Waals surface area contributed by atoms with Gasteiger partial charge in [-0.1, -0.05) is 0 Å². The third kappa shape index (κ3) is 2.02. The smallest absolute Gasteiger partial charge is 0.365 e. The van der Waals surface area contributed by atoms with Crippen LogP contribution in [0.15, 0.2) is 18.3 Å². The van der Waals surface area contributed by atoms with Crippen LogP contribution in [0.3, 0.4) is 0 Å². The number of anilines is 1. The molecular formula is C9H8F3N3O2. The van der Waals surface area contributed by atoms with Gasteiger partial charge >= 0.3 is 12.0 Å². The maximum absolute atomic E-state index is 12.7. The molecule has 1 aromatic heterocycles. The molecule has 0 bridgehead atoms. The summed E-state index contributed by atoms with van der Waals surface area (Å²) in [6.07, 6.45) is -3.42. The Morgan fingerprint density at radius 1 is 1.47 bits per heavy atom. The van der Waals surface area contributed by atoms with Crippen molar-refractivity contribution in [1.29, 1.82) is 0 Å². The number of halogens is 3. The molecule has 1 aliphatic carbocycles. The second-order valence-corrected chi connectivity index (χ2v) is 3.84. The van der Waals surface area contributed by atoms with Gasteiger partial charge in [-0.15, -0.1) is 0 Å². The van der Waals surface area contributed by atoms with Crippen LogP contribution in [-0.4, -0.2) is 21.6 Å². The number of aromatic nitrogens is 1. The molecule has 0 aromatic carbocycles. The van der Waals surface area contributed by atoms with Crippen LogP contribution in [0.4, 0.5) is 24.7 Å². The van der Waals surface area contributed by atoms with E-state index in [9.17, 15) is 23.3 Å². The molecule has 1 heterocycles. The van der Waals surface area contributed by atoms with E-state index in [4.69, 9.17) is 0 Å². The van der Waals surface area contributed by atoms with Crippen LogP contribution in [0, 0.1) is 10.1 Å². The highest BCUT2D eigenvalue weighted by Gasteiger charge is 2.64. The summed E-state index contributed by atoms with van der Waals surface area (Å²) in [6.45, 7) is 0. The molecule has 0 aliphatic heterocycles. The predicted octanol–water partition coefficient (Wildman–Crippen LogP) is 2.50. The molecule has 1 saturated carbocycles. The van der Waals surface area contributed by atoms with Crippen LogP contribution in [0.25, 0.3) is 0 Å². The van der Waals surface area contributed by atoms with Gasteiger partial charge in [0.05, 0.1) is 0 Å². The highest BCUT2D eigenvalue weighted by molar-refractivity contribution is 5.59. The van der Waals surface area contributed by atoms with Gasteiger partial charge in [-0.2, -0.15) is 13.2 Å². The minimum Gasteiger partial charge on any atom is -0.365 e. The summed E-state index contributed by atoms with van der Waals surface area (Å²) in [5.74, 6) is -0.594. The van der Waals surface area contributed by atoms with Crippen molar-refractivity contribution in [2.24, 2.45) is 0 Å². The molecule has 1 N–H and O–H groups in total. The second-order valence-electron chi connectivity index (χ2n) is 3.84. The summed E-state index contributed by atoms with van der Waals surface area (Å²) < 4.78 is 38.0. The topological polar surface area (TPSA) is 68.1 Å². The van der Waals surface area contributed by atoms with Gasteiger partial charge in [-0.05, 0) is 34.9 Å². The molecule has 1 fully saturated rings. The normalized spacial score (nSPS) is 17.6. The van der Waals surface area contributed by atoms with Crippen LogP contribution in [0.5, 0.6) is 0 Å². The molecule has 2 rings (SSSR count). The lowest BCUT2D eigenvalue weighted by Gasteiger charge is -2.21. The van der Waals surface area contributed by atoms with Crippen LogP contribution in [0.2, 0.25) is 0 Å². The molecule has 0 atom stereocenters. The quantitative estimate of drug-likeness (QED) is 0.658. The molecule has 8 heteroatoms. The monoisotopic (exact) mass is 247 g/mol. The Hall–Kier alpha value is -1.86. The van der Waals surface area contributed by atoms with Gasteiger partial charge < -0.3 is 15.4 Å². The van der Waals surface area contributed by atoms with Gasteiger partial charge in [0.15, 0.2) is 0 Å². The number of alkyl halides is 3. The van der Waals surface area contributed by atoms with E-state index in [0.717, 1.165) is 6.20 Å². The van der Waals surface area contributed by atoms with Gasteiger partial charge in [0.1, 0.15) is 17.4 Å². The van der Waals surface area contributed by atoms with Gasteiger partial charge in [-0.25, -0.2) is 0 Å². The van der Waals surface area contributed by atoms with Gasteiger partial charge in [-0.3, -0.25) is 0 Å². The first kappa shape index (κ1) is 11.6.